The molecule has 0 heterocycles. The van der Waals surface area contributed by atoms with Crippen LogP contribution in [0.25, 0.3) is 0 Å². The fourth-order valence-electron chi connectivity index (χ4n) is 0.979. The second-order valence-electron chi connectivity index (χ2n) is 2.58. The van der Waals surface area contributed by atoms with Gasteiger partial charge in [-0.3, -0.25) is 14.9 Å². The largest absolute Gasteiger partial charge is 0.505 e. The van der Waals surface area contributed by atoms with Crippen LogP contribution in [0.5, 0.6) is 5.75 Å². The van der Waals surface area contributed by atoms with Gasteiger partial charge in [0.2, 0.25) is 11.6 Å². The molecule has 0 unspecified atom stereocenters. The Balaban J connectivity index is 3.52. The quantitative estimate of drug-likeness (QED) is 0.432. The van der Waals surface area contributed by atoms with E-state index in [-0.39, 0.29) is 5.56 Å². The van der Waals surface area contributed by atoms with Crippen molar-refractivity contribution in [2.45, 2.75) is 0 Å². The molecular weight excluding hydrogens is 206 g/mol. The summed E-state index contributed by atoms with van der Waals surface area (Å²) in [5.41, 5.74) is 3.09. The van der Waals surface area contributed by atoms with Gasteiger partial charge in [-0.05, 0) is 11.2 Å². The fourth-order valence-corrected chi connectivity index (χ4v) is 0.979. The molecule has 1 rings (SSSR count). The number of rotatable bonds is 3. The van der Waals surface area contributed by atoms with Gasteiger partial charge < -0.3 is 10.8 Å². The highest BCUT2D eigenvalue weighted by Crippen LogP contribution is 2.37. The molecule has 3 N–H and O–H groups in total. The van der Waals surface area contributed by atoms with Gasteiger partial charge in [0, 0.05) is 11.6 Å². The first kappa shape index (κ1) is 10.6. The maximum absolute atomic E-state index is 10.7. The standard InChI is InChI=1S/C7H5N3O5/c8-7(12)3-1-4(10(14)15)6(9-13)5(11)2-3/h1-2,11H,(H2,8,12). The summed E-state index contributed by atoms with van der Waals surface area (Å²) in [5.74, 6) is -1.71. The molecule has 0 radical (unpaired) electrons. The number of nitroso groups, excluding NO2 is 1. The van der Waals surface area contributed by atoms with Crippen LogP contribution in [0.3, 0.4) is 0 Å². The van der Waals surface area contributed by atoms with Crippen LogP contribution in [0.4, 0.5) is 11.4 Å². The number of hydrogen-bond donors (Lipinski definition) is 2. The van der Waals surface area contributed by atoms with Gasteiger partial charge in [0.15, 0.2) is 5.75 Å². The lowest BCUT2D eigenvalue weighted by molar-refractivity contribution is -0.384. The van der Waals surface area contributed by atoms with E-state index < -0.39 is 28.0 Å². The first-order valence-electron chi connectivity index (χ1n) is 3.62. The van der Waals surface area contributed by atoms with Gasteiger partial charge in [-0.25, -0.2) is 0 Å². The Morgan fingerprint density at radius 1 is 1.53 bits per heavy atom. The molecule has 0 saturated carbocycles. The molecule has 78 valence electrons. The number of phenolic OH excluding ortho intramolecular Hbond substituents is 1. The van der Waals surface area contributed by atoms with Crippen molar-refractivity contribution in [1.82, 2.24) is 0 Å². The van der Waals surface area contributed by atoms with Crippen LogP contribution < -0.4 is 5.73 Å². The summed E-state index contributed by atoms with van der Waals surface area (Å²) in [7, 11) is 0. The summed E-state index contributed by atoms with van der Waals surface area (Å²) < 4.78 is 0. The lowest BCUT2D eigenvalue weighted by atomic mass is 10.1. The molecule has 0 fully saturated rings. The van der Waals surface area contributed by atoms with Gasteiger partial charge in [0.25, 0.3) is 0 Å². The minimum Gasteiger partial charge on any atom is -0.505 e. The predicted octanol–water partition coefficient (Wildman–Crippen LogP) is 0.797. The van der Waals surface area contributed by atoms with Gasteiger partial charge in [-0.15, -0.1) is 4.91 Å². The number of carbonyl (C=O) groups is 1. The Labute approximate surface area is 82.4 Å². The second-order valence-corrected chi connectivity index (χ2v) is 2.58. The summed E-state index contributed by atoms with van der Waals surface area (Å²) in [5, 5.41) is 21.9. The first-order chi connectivity index (χ1) is 6.97. The summed E-state index contributed by atoms with van der Waals surface area (Å²) >= 11 is 0. The van der Waals surface area contributed by atoms with E-state index in [1.54, 1.807) is 0 Å². The van der Waals surface area contributed by atoms with Gasteiger partial charge in [0.05, 0.1) is 4.92 Å². The number of phenols is 1. The van der Waals surface area contributed by atoms with E-state index in [0.29, 0.717) is 0 Å². The third-order valence-corrected chi connectivity index (χ3v) is 1.64. The predicted molar refractivity (Wildman–Crippen MR) is 48.7 cm³/mol. The molecule has 8 nitrogen and oxygen atoms in total. The van der Waals surface area contributed by atoms with Crippen molar-refractivity contribution >= 4 is 17.3 Å². The van der Waals surface area contributed by atoms with E-state index in [1.165, 1.54) is 0 Å². The highest BCUT2D eigenvalue weighted by molar-refractivity contribution is 5.95. The van der Waals surface area contributed by atoms with Crippen LogP contribution in [0.15, 0.2) is 17.3 Å². The number of hydrogen-bond acceptors (Lipinski definition) is 6. The van der Waals surface area contributed by atoms with Crippen LogP contribution in [-0.4, -0.2) is 15.9 Å². The SMILES string of the molecule is NC(=O)c1cc(O)c(N=O)c([N+](=O)[O-])c1. The average molecular weight is 211 g/mol. The van der Waals surface area contributed by atoms with Gasteiger partial charge in [-0.1, -0.05) is 0 Å². The number of aromatic hydroxyl groups is 1. The van der Waals surface area contributed by atoms with E-state index in [9.17, 15) is 19.8 Å². The highest BCUT2D eigenvalue weighted by atomic mass is 16.6. The van der Waals surface area contributed by atoms with Crippen molar-refractivity contribution in [3.8, 4) is 5.75 Å². The van der Waals surface area contributed by atoms with Crippen LogP contribution in [0.2, 0.25) is 0 Å². The first-order valence-corrected chi connectivity index (χ1v) is 3.62. The summed E-state index contributed by atoms with van der Waals surface area (Å²) in [6.07, 6.45) is 0. The minimum atomic E-state index is -0.953. The molecule has 1 amide bonds. The zero-order chi connectivity index (χ0) is 11.6. The van der Waals surface area contributed by atoms with Crippen molar-refractivity contribution in [3.63, 3.8) is 0 Å². The molecular formula is C7H5N3O5. The van der Waals surface area contributed by atoms with E-state index in [0.717, 1.165) is 12.1 Å². The molecule has 0 aromatic heterocycles. The molecule has 0 aliphatic rings. The zero-order valence-corrected chi connectivity index (χ0v) is 7.21. The number of nitro benzene ring substituents is 1. The molecule has 0 saturated heterocycles. The van der Waals surface area contributed by atoms with Crippen LogP contribution in [-0.2, 0) is 0 Å². The Morgan fingerprint density at radius 3 is 2.53 bits per heavy atom. The molecule has 8 heteroatoms. The number of primary amides is 1. The third kappa shape index (κ3) is 1.88. The van der Waals surface area contributed by atoms with E-state index in [2.05, 4.69) is 5.18 Å². The number of benzene rings is 1. The van der Waals surface area contributed by atoms with Crippen molar-refractivity contribution in [3.05, 3.63) is 32.7 Å². The van der Waals surface area contributed by atoms with E-state index >= 15 is 0 Å². The maximum atomic E-state index is 10.7. The fraction of sp³-hybridized carbons (Fsp3) is 0. The van der Waals surface area contributed by atoms with Crippen molar-refractivity contribution in [2.24, 2.45) is 10.9 Å². The minimum absolute atomic E-state index is 0.272. The monoisotopic (exact) mass is 211 g/mol. The summed E-state index contributed by atoms with van der Waals surface area (Å²) in [4.78, 5) is 30.4. The second kappa shape index (κ2) is 3.70. The van der Waals surface area contributed by atoms with Gasteiger partial charge in [-0.2, -0.15) is 0 Å². The lowest BCUT2D eigenvalue weighted by Crippen LogP contribution is -2.11. The number of nitrogens with two attached hydrogens (primary N) is 1. The van der Waals surface area contributed by atoms with Crippen molar-refractivity contribution in [2.75, 3.05) is 0 Å². The molecule has 1 aromatic carbocycles. The maximum Gasteiger partial charge on any atom is 0.303 e. The Hall–Kier alpha value is -2.51. The Morgan fingerprint density at radius 2 is 2.13 bits per heavy atom. The van der Waals surface area contributed by atoms with Crippen molar-refractivity contribution in [1.29, 1.82) is 0 Å². The van der Waals surface area contributed by atoms with E-state index in [1.807, 2.05) is 0 Å². The number of nitro groups is 1. The average Bonchev–Trinajstić information content (AvgIpc) is 2.16. The lowest BCUT2D eigenvalue weighted by Gasteiger charge is -2.00. The molecule has 0 atom stereocenters. The topological polar surface area (TPSA) is 136 Å². The smallest absolute Gasteiger partial charge is 0.303 e. The Kier molecular flexibility index (Phi) is 2.61. The molecule has 0 bridgehead atoms. The van der Waals surface area contributed by atoms with E-state index in [4.69, 9.17) is 10.8 Å². The number of nitrogens with zero attached hydrogens (tertiary/aromatic N) is 2. The summed E-state index contributed by atoms with van der Waals surface area (Å²) in [6, 6.07) is 1.62. The molecule has 1 aromatic rings. The molecule has 0 aliphatic carbocycles. The van der Waals surface area contributed by atoms with Crippen LogP contribution in [0.1, 0.15) is 10.4 Å². The van der Waals surface area contributed by atoms with Crippen LogP contribution >= 0.6 is 0 Å². The van der Waals surface area contributed by atoms with Gasteiger partial charge in [0.1, 0.15) is 0 Å². The molecule has 0 aliphatic heterocycles. The number of carbonyl (C=O) groups excluding carboxylic acids is 1. The highest BCUT2D eigenvalue weighted by Gasteiger charge is 2.22. The number of amides is 1. The molecule has 15 heavy (non-hydrogen) atoms. The Bertz CT molecular complexity index is 456. The van der Waals surface area contributed by atoms with Crippen LogP contribution in [0, 0.1) is 15.0 Å². The van der Waals surface area contributed by atoms with Gasteiger partial charge >= 0.3 is 5.69 Å². The molecule has 0 spiro atoms. The normalized spacial score (nSPS) is 9.60. The summed E-state index contributed by atoms with van der Waals surface area (Å²) in [6.45, 7) is 0. The zero-order valence-electron chi connectivity index (χ0n) is 7.21. The van der Waals surface area contributed by atoms with Crippen molar-refractivity contribution < 1.29 is 14.8 Å². The third-order valence-electron chi connectivity index (χ3n) is 1.64.